The third-order valence-corrected chi connectivity index (χ3v) is 7.08. The van der Waals surface area contributed by atoms with Gasteiger partial charge >= 0.3 is 0 Å². The minimum Gasteiger partial charge on any atom is -0.494 e. The zero-order chi connectivity index (χ0) is 27.5. The van der Waals surface area contributed by atoms with E-state index in [9.17, 15) is 8.78 Å². The zero-order valence-corrected chi connectivity index (χ0v) is 22.7. The van der Waals surface area contributed by atoms with Crippen LogP contribution in [-0.4, -0.2) is 34.9 Å². The Balaban J connectivity index is 1.47. The molecule has 38 heavy (non-hydrogen) atoms. The standard InChI is InChI=1S/C30H35F2N5O/c1-7-21-14-26-24(16-27(21)38-8-2)25(34-18-35-26)13-20-10-9-11-23(12-20)36-19(3)37-28-15-22(17-33-28)29(4,5)30(6,31)32/h9-12,14-16,18,36H,3,7-8,13,17H2,1-2,4-6H3,(H,33,37). The van der Waals surface area contributed by atoms with Crippen molar-refractivity contribution < 1.29 is 13.5 Å². The van der Waals surface area contributed by atoms with Crippen molar-refractivity contribution in [2.24, 2.45) is 10.4 Å². The van der Waals surface area contributed by atoms with E-state index in [1.807, 2.05) is 37.3 Å². The number of hydrogen-bond donors (Lipinski definition) is 2. The molecule has 0 aliphatic carbocycles. The second-order valence-corrected chi connectivity index (χ2v) is 10.1. The molecular formula is C30H35F2N5O. The fourth-order valence-electron chi connectivity index (χ4n) is 4.36. The van der Waals surface area contributed by atoms with Crippen LogP contribution in [-0.2, 0) is 12.8 Å². The molecule has 0 bridgehead atoms. The van der Waals surface area contributed by atoms with Crippen LogP contribution in [0.15, 0.2) is 71.8 Å². The van der Waals surface area contributed by atoms with E-state index in [-0.39, 0.29) is 6.54 Å². The summed E-state index contributed by atoms with van der Waals surface area (Å²) in [5, 5.41) is 7.30. The van der Waals surface area contributed by atoms with Gasteiger partial charge < -0.3 is 15.4 Å². The maximum Gasteiger partial charge on any atom is 0.254 e. The Labute approximate surface area is 223 Å². The van der Waals surface area contributed by atoms with Crippen molar-refractivity contribution in [1.82, 2.24) is 15.3 Å². The van der Waals surface area contributed by atoms with Crippen molar-refractivity contribution in [2.75, 3.05) is 18.5 Å². The predicted molar refractivity (Wildman–Crippen MR) is 150 cm³/mol. The molecule has 2 aromatic carbocycles. The van der Waals surface area contributed by atoms with Crippen LogP contribution in [0.2, 0.25) is 0 Å². The third kappa shape index (κ3) is 5.85. The van der Waals surface area contributed by atoms with Gasteiger partial charge in [-0.25, -0.2) is 18.7 Å². The summed E-state index contributed by atoms with van der Waals surface area (Å²) in [6.07, 6.45) is 4.76. The van der Waals surface area contributed by atoms with Gasteiger partial charge in [0.1, 0.15) is 23.7 Å². The van der Waals surface area contributed by atoms with Crippen molar-refractivity contribution in [1.29, 1.82) is 0 Å². The summed E-state index contributed by atoms with van der Waals surface area (Å²) >= 11 is 0. The highest BCUT2D eigenvalue weighted by molar-refractivity contribution is 5.97. The normalized spacial score (nSPS) is 13.8. The number of nitrogens with one attached hydrogen (secondary N) is 2. The molecule has 2 heterocycles. The van der Waals surface area contributed by atoms with E-state index in [1.54, 1.807) is 12.4 Å². The predicted octanol–water partition coefficient (Wildman–Crippen LogP) is 6.67. The van der Waals surface area contributed by atoms with Crippen LogP contribution in [0, 0.1) is 5.41 Å². The Bertz CT molecular complexity index is 1410. The van der Waals surface area contributed by atoms with E-state index in [0.717, 1.165) is 52.5 Å². The molecule has 2 N–H and O–H groups in total. The fourth-order valence-corrected chi connectivity index (χ4v) is 4.36. The number of alkyl halides is 2. The SMILES string of the molecule is C=C(NC1=NCC(C(C)(C)C(C)(F)F)=C1)Nc1cccc(Cc2ncnc3cc(CC)c(OCC)cc23)c1. The summed E-state index contributed by atoms with van der Waals surface area (Å²) in [4.78, 5) is 13.4. The first-order valence-electron chi connectivity index (χ1n) is 12.9. The molecule has 3 aromatic rings. The lowest BCUT2D eigenvalue weighted by Crippen LogP contribution is -2.35. The van der Waals surface area contributed by atoms with E-state index in [2.05, 4.69) is 45.2 Å². The molecule has 0 fully saturated rings. The quantitative estimate of drug-likeness (QED) is 0.313. The maximum atomic E-state index is 14.0. The smallest absolute Gasteiger partial charge is 0.254 e. The number of halogens is 2. The van der Waals surface area contributed by atoms with Gasteiger partial charge in [0.15, 0.2) is 0 Å². The summed E-state index contributed by atoms with van der Waals surface area (Å²) in [5.41, 5.74) is 4.14. The first kappa shape index (κ1) is 27.2. The average Bonchev–Trinajstić information content (AvgIpc) is 3.33. The Morgan fingerprint density at radius 3 is 2.58 bits per heavy atom. The molecule has 1 aliphatic heterocycles. The Kier molecular flexibility index (Phi) is 7.81. The molecule has 1 aliphatic rings. The van der Waals surface area contributed by atoms with E-state index in [1.165, 1.54) is 13.8 Å². The van der Waals surface area contributed by atoms with E-state index < -0.39 is 11.3 Å². The monoisotopic (exact) mass is 519 g/mol. The Morgan fingerprint density at radius 1 is 1.08 bits per heavy atom. The molecule has 0 saturated heterocycles. The third-order valence-electron chi connectivity index (χ3n) is 7.08. The highest BCUT2D eigenvalue weighted by Crippen LogP contribution is 2.43. The van der Waals surface area contributed by atoms with Gasteiger partial charge in [-0.05, 0) is 60.4 Å². The highest BCUT2D eigenvalue weighted by Gasteiger charge is 2.45. The number of aliphatic imine (C=N–C) groups is 1. The highest BCUT2D eigenvalue weighted by atomic mass is 19.3. The van der Waals surface area contributed by atoms with Gasteiger partial charge in [0.2, 0.25) is 0 Å². The van der Waals surface area contributed by atoms with Crippen LogP contribution < -0.4 is 15.4 Å². The van der Waals surface area contributed by atoms with Crippen molar-refractivity contribution in [3.63, 3.8) is 0 Å². The molecule has 200 valence electrons. The van der Waals surface area contributed by atoms with Gasteiger partial charge in [-0.1, -0.05) is 39.5 Å². The molecule has 0 atom stereocenters. The number of benzene rings is 2. The first-order chi connectivity index (χ1) is 18.0. The Hall–Kier alpha value is -3.81. The average molecular weight is 520 g/mol. The lowest BCUT2D eigenvalue weighted by molar-refractivity contribution is -0.0692. The van der Waals surface area contributed by atoms with E-state index in [0.29, 0.717) is 30.3 Å². The summed E-state index contributed by atoms with van der Waals surface area (Å²) in [6.45, 7) is 13.0. The van der Waals surface area contributed by atoms with Crippen molar-refractivity contribution in [3.05, 3.63) is 83.6 Å². The van der Waals surface area contributed by atoms with Crippen molar-refractivity contribution >= 4 is 22.4 Å². The van der Waals surface area contributed by atoms with Crippen LogP contribution in [0.4, 0.5) is 14.5 Å². The number of rotatable bonds is 10. The van der Waals surface area contributed by atoms with Crippen LogP contribution >= 0.6 is 0 Å². The number of aromatic nitrogens is 2. The minimum atomic E-state index is -2.85. The molecule has 0 amide bonds. The van der Waals surface area contributed by atoms with Gasteiger partial charge in [0, 0.05) is 24.4 Å². The van der Waals surface area contributed by atoms with Crippen molar-refractivity contribution in [3.8, 4) is 5.75 Å². The molecular weight excluding hydrogens is 484 g/mol. The Morgan fingerprint density at radius 2 is 1.87 bits per heavy atom. The topological polar surface area (TPSA) is 71.4 Å². The van der Waals surface area contributed by atoms with E-state index in [4.69, 9.17) is 4.74 Å². The molecule has 4 rings (SSSR count). The number of amidine groups is 1. The molecule has 0 spiro atoms. The van der Waals surface area contributed by atoms with Crippen LogP contribution in [0.1, 0.15) is 51.4 Å². The van der Waals surface area contributed by atoms with E-state index >= 15 is 0 Å². The lowest BCUT2D eigenvalue weighted by Gasteiger charge is -2.32. The number of anilines is 1. The zero-order valence-electron chi connectivity index (χ0n) is 22.7. The number of hydrogen-bond acceptors (Lipinski definition) is 6. The van der Waals surface area contributed by atoms with Gasteiger partial charge in [0.05, 0.1) is 29.8 Å². The molecule has 0 saturated carbocycles. The first-order valence-corrected chi connectivity index (χ1v) is 12.9. The van der Waals surface area contributed by atoms with Crippen LogP contribution in [0.3, 0.4) is 0 Å². The second kappa shape index (κ2) is 10.9. The molecule has 0 radical (unpaired) electrons. The largest absolute Gasteiger partial charge is 0.494 e. The second-order valence-electron chi connectivity index (χ2n) is 10.1. The van der Waals surface area contributed by atoms with Gasteiger partial charge in [-0.15, -0.1) is 0 Å². The van der Waals surface area contributed by atoms with Gasteiger partial charge in [-0.3, -0.25) is 4.99 Å². The summed E-state index contributed by atoms with van der Waals surface area (Å²) < 4.78 is 34.0. The minimum absolute atomic E-state index is 0.235. The molecule has 8 heteroatoms. The number of ether oxygens (including phenoxy) is 1. The van der Waals surface area contributed by atoms with Crippen LogP contribution in [0.5, 0.6) is 5.75 Å². The number of nitrogens with zero attached hydrogens (tertiary/aromatic N) is 3. The maximum absolute atomic E-state index is 14.0. The fraction of sp³-hybridized carbons (Fsp3) is 0.367. The molecule has 6 nitrogen and oxygen atoms in total. The van der Waals surface area contributed by atoms with Crippen LogP contribution in [0.25, 0.3) is 10.9 Å². The molecule has 0 unspecified atom stereocenters. The summed E-state index contributed by atoms with van der Waals surface area (Å²) in [6, 6.07) is 12.1. The number of aryl methyl sites for hydroxylation is 1. The van der Waals surface area contributed by atoms with Gasteiger partial charge in [-0.2, -0.15) is 0 Å². The lowest BCUT2D eigenvalue weighted by atomic mass is 9.79. The molecule has 1 aromatic heterocycles. The summed E-state index contributed by atoms with van der Waals surface area (Å²) in [7, 11) is 0. The van der Waals surface area contributed by atoms with Crippen molar-refractivity contribution in [2.45, 2.75) is 53.4 Å². The number of fused-ring (bicyclic) bond motifs is 1. The summed E-state index contributed by atoms with van der Waals surface area (Å²) in [5.74, 6) is -0.970. The van der Waals surface area contributed by atoms with Gasteiger partial charge in [0.25, 0.3) is 5.92 Å².